The molecule has 3 aliphatic rings. The van der Waals surface area contributed by atoms with Crippen LogP contribution in [0.1, 0.15) is 36.0 Å². The number of rotatable bonds is 5. The predicted molar refractivity (Wildman–Crippen MR) is 114 cm³/mol. The van der Waals surface area contributed by atoms with Crippen LogP contribution in [0, 0.1) is 0 Å². The normalized spacial score (nSPS) is 23.7. The fourth-order valence-electron chi connectivity index (χ4n) is 4.42. The van der Waals surface area contributed by atoms with E-state index in [1.807, 2.05) is 13.1 Å². The molecular formula is C21H26N4O5S. The van der Waals surface area contributed by atoms with Crippen molar-refractivity contribution in [1.29, 1.82) is 0 Å². The second kappa shape index (κ2) is 8.18. The van der Waals surface area contributed by atoms with Crippen molar-refractivity contribution in [1.82, 2.24) is 14.5 Å². The van der Waals surface area contributed by atoms with Crippen LogP contribution in [0.4, 0.5) is 0 Å². The van der Waals surface area contributed by atoms with Crippen LogP contribution < -0.4 is 5.32 Å². The van der Waals surface area contributed by atoms with Crippen LogP contribution in [0.5, 0.6) is 0 Å². The van der Waals surface area contributed by atoms with Gasteiger partial charge in [-0.25, -0.2) is 13.2 Å². The lowest BCUT2D eigenvalue weighted by atomic mass is 9.98. The molecule has 4 rings (SSSR count). The van der Waals surface area contributed by atoms with E-state index in [0.29, 0.717) is 38.0 Å². The van der Waals surface area contributed by atoms with Crippen LogP contribution >= 0.6 is 0 Å². The number of carbonyl (C=O) groups is 2. The number of likely N-dealkylation sites (tertiary alicyclic amines) is 1. The highest BCUT2D eigenvalue weighted by Gasteiger charge is 2.57. The molecule has 1 atom stereocenters. The van der Waals surface area contributed by atoms with E-state index < -0.39 is 27.7 Å². The molecular weight excluding hydrogens is 420 g/mol. The number of esters is 1. The smallest absolute Gasteiger partial charge is 0.337 e. The number of amides is 1. The zero-order chi connectivity index (χ0) is 22.2. The molecule has 0 saturated carbocycles. The van der Waals surface area contributed by atoms with Crippen LogP contribution in [0.15, 0.2) is 45.9 Å². The van der Waals surface area contributed by atoms with Gasteiger partial charge in [-0.15, -0.1) is 0 Å². The molecule has 0 bridgehead atoms. The van der Waals surface area contributed by atoms with Gasteiger partial charge in [0.1, 0.15) is 11.7 Å². The third-order valence-electron chi connectivity index (χ3n) is 6.13. The molecule has 3 aliphatic heterocycles. The summed E-state index contributed by atoms with van der Waals surface area (Å²) in [5.41, 5.74) is -0.00350. The lowest BCUT2D eigenvalue weighted by molar-refractivity contribution is -0.121. The summed E-state index contributed by atoms with van der Waals surface area (Å²) in [5.74, 6) is -0.847. The number of nitrogens with one attached hydrogen (secondary N) is 1. The van der Waals surface area contributed by atoms with Gasteiger partial charge in [-0.2, -0.15) is 4.31 Å². The van der Waals surface area contributed by atoms with Gasteiger partial charge < -0.3 is 15.0 Å². The number of piperidine rings is 1. The Labute approximate surface area is 181 Å². The zero-order valence-corrected chi connectivity index (χ0v) is 18.4. The van der Waals surface area contributed by atoms with Crippen LogP contribution in [-0.4, -0.2) is 74.7 Å². The number of allylic oxidation sites excluding steroid dienone is 1. The van der Waals surface area contributed by atoms with Crippen LogP contribution in [0.25, 0.3) is 0 Å². The molecule has 0 aromatic heterocycles. The first-order chi connectivity index (χ1) is 14.8. The Morgan fingerprint density at radius 2 is 1.94 bits per heavy atom. The average Bonchev–Trinajstić information content (AvgIpc) is 3.37. The van der Waals surface area contributed by atoms with E-state index >= 15 is 0 Å². The minimum absolute atomic E-state index is 0.0314. The number of aliphatic imine (C=N–C) groups is 1. The fourth-order valence-corrected chi connectivity index (χ4v) is 6.32. The number of hydrogen-bond acceptors (Lipinski definition) is 7. The zero-order valence-electron chi connectivity index (χ0n) is 17.6. The summed E-state index contributed by atoms with van der Waals surface area (Å²) < 4.78 is 33.7. The number of methoxy groups -OCH3 is 1. The molecule has 1 aromatic rings. The molecule has 31 heavy (non-hydrogen) atoms. The molecule has 1 aromatic carbocycles. The minimum Gasteiger partial charge on any atom is -0.465 e. The first-order valence-corrected chi connectivity index (χ1v) is 11.7. The monoisotopic (exact) mass is 446 g/mol. The van der Waals surface area contributed by atoms with E-state index in [4.69, 9.17) is 0 Å². The van der Waals surface area contributed by atoms with E-state index in [-0.39, 0.29) is 22.8 Å². The van der Waals surface area contributed by atoms with E-state index in [9.17, 15) is 18.0 Å². The summed E-state index contributed by atoms with van der Waals surface area (Å²) >= 11 is 0. The fraction of sp³-hybridized carbons (Fsp3) is 0.476. The molecule has 1 spiro atoms. The second-order valence-corrected chi connectivity index (χ2v) is 9.92. The standard InChI is InChI=1S/C21H26N4O5S/c1-24-12-9-21(10-13-24)23-19(26)18(14-16-4-3-11-22-16)25(21)31(28,29)17-7-5-15(6-8-17)20(27)30-2/h4-8,11,18H,3,9-10,12-14H2,1-2H3,(H,23,26). The first kappa shape index (κ1) is 21.7. The topological polar surface area (TPSA) is 108 Å². The molecule has 1 unspecified atom stereocenters. The minimum atomic E-state index is -4.04. The van der Waals surface area contributed by atoms with Gasteiger partial charge in [0.05, 0.1) is 17.6 Å². The maximum absolute atomic E-state index is 13.8. The van der Waals surface area contributed by atoms with Crippen molar-refractivity contribution in [2.45, 2.75) is 42.3 Å². The van der Waals surface area contributed by atoms with Crippen molar-refractivity contribution < 1.29 is 22.7 Å². The number of carbonyl (C=O) groups excluding carboxylic acids is 2. The highest BCUT2D eigenvalue weighted by molar-refractivity contribution is 7.89. The van der Waals surface area contributed by atoms with Crippen LogP contribution in [0.2, 0.25) is 0 Å². The number of nitrogens with zero attached hydrogens (tertiary/aromatic N) is 3. The Morgan fingerprint density at radius 3 is 2.52 bits per heavy atom. The predicted octanol–water partition coefficient (Wildman–Crippen LogP) is 1.13. The Balaban J connectivity index is 1.74. The SMILES string of the molecule is COC(=O)c1ccc(S(=O)(=O)N2C(CC3=CCC=N3)C(=O)NC23CCN(C)CC3)cc1. The van der Waals surface area contributed by atoms with Crippen LogP contribution in [0.3, 0.4) is 0 Å². The summed E-state index contributed by atoms with van der Waals surface area (Å²) in [7, 11) is -0.794. The number of benzene rings is 1. The summed E-state index contributed by atoms with van der Waals surface area (Å²) in [4.78, 5) is 31.2. The van der Waals surface area contributed by atoms with E-state index in [1.54, 1.807) is 6.21 Å². The third-order valence-corrected chi connectivity index (χ3v) is 8.12. The lowest BCUT2D eigenvalue weighted by Gasteiger charge is -2.43. The third kappa shape index (κ3) is 3.90. The maximum atomic E-state index is 13.8. The molecule has 2 saturated heterocycles. The van der Waals surface area contributed by atoms with E-state index in [1.165, 1.54) is 35.7 Å². The average molecular weight is 447 g/mol. The Kier molecular flexibility index (Phi) is 5.71. The molecule has 1 N–H and O–H groups in total. The Morgan fingerprint density at radius 1 is 1.26 bits per heavy atom. The van der Waals surface area contributed by atoms with Crippen molar-refractivity contribution in [2.75, 3.05) is 27.2 Å². The van der Waals surface area contributed by atoms with Gasteiger partial charge in [0.2, 0.25) is 15.9 Å². The molecule has 1 amide bonds. The van der Waals surface area contributed by atoms with Crippen molar-refractivity contribution in [3.63, 3.8) is 0 Å². The number of ether oxygens (including phenoxy) is 1. The van der Waals surface area contributed by atoms with Crippen molar-refractivity contribution in [3.05, 3.63) is 41.6 Å². The van der Waals surface area contributed by atoms with Gasteiger partial charge in [0, 0.05) is 37.8 Å². The summed E-state index contributed by atoms with van der Waals surface area (Å²) in [5, 5.41) is 3.01. The Bertz CT molecular complexity index is 1040. The maximum Gasteiger partial charge on any atom is 0.337 e. The van der Waals surface area contributed by atoms with Crippen molar-refractivity contribution >= 4 is 28.1 Å². The number of hydrogen-bond donors (Lipinski definition) is 1. The molecule has 9 nitrogen and oxygen atoms in total. The van der Waals surface area contributed by atoms with Gasteiger partial charge in [-0.1, -0.05) is 6.08 Å². The largest absolute Gasteiger partial charge is 0.465 e. The summed E-state index contributed by atoms with van der Waals surface area (Å²) in [6, 6.07) is 4.73. The second-order valence-electron chi connectivity index (χ2n) is 8.10. The molecule has 0 radical (unpaired) electrons. The molecule has 10 heteroatoms. The van der Waals surface area contributed by atoms with Gasteiger partial charge in [-0.3, -0.25) is 9.79 Å². The van der Waals surface area contributed by atoms with Crippen molar-refractivity contribution in [2.24, 2.45) is 4.99 Å². The molecule has 3 heterocycles. The van der Waals surface area contributed by atoms with E-state index in [2.05, 4.69) is 19.9 Å². The summed E-state index contributed by atoms with van der Waals surface area (Å²) in [6.07, 6.45) is 5.54. The van der Waals surface area contributed by atoms with Gasteiger partial charge in [0.25, 0.3) is 0 Å². The van der Waals surface area contributed by atoms with Gasteiger partial charge in [-0.05, 0) is 44.2 Å². The summed E-state index contributed by atoms with van der Waals surface area (Å²) in [6.45, 7) is 1.34. The van der Waals surface area contributed by atoms with Gasteiger partial charge >= 0.3 is 5.97 Å². The van der Waals surface area contributed by atoms with Gasteiger partial charge in [0.15, 0.2) is 0 Å². The molecule has 0 aliphatic carbocycles. The van der Waals surface area contributed by atoms with E-state index in [0.717, 1.165) is 0 Å². The highest BCUT2D eigenvalue weighted by atomic mass is 32.2. The van der Waals surface area contributed by atoms with Crippen molar-refractivity contribution in [3.8, 4) is 0 Å². The lowest BCUT2D eigenvalue weighted by Crippen LogP contribution is -2.60. The number of sulfonamides is 1. The Hall–Kier alpha value is -2.56. The first-order valence-electron chi connectivity index (χ1n) is 10.2. The van der Waals surface area contributed by atoms with Crippen LogP contribution in [-0.2, 0) is 19.6 Å². The molecule has 2 fully saturated rings. The quantitative estimate of drug-likeness (QED) is 0.680. The molecule has 166 valence electrons. The highest BCUT2D eigenvalue weighted by Crippen LogP contribution is 2.39.